The van der Waals surface area contributed by atoms with Gasteiger partial charge >= 0.3 is 6.09 Å². The lowest BCUT2D eigenvalue weighted by atomic mass is 9.92. The summed E-state index contributed by atoms with van der Waals surface area (Å²) < 4.78 is 5.25. The molecule has 0 radical (unpaired) electrons. The molecule has 3 atom stereocenters. The Morgan fingerprint density at radius 3 is 2.55 bits per heavy atom. The number of amides is 1. The van der Waals surface area contributed by atoms with Gasteiger partial charge in [-0.1, -0.05) is 70.4 Å². The number of hydrogen-bond acceptors (Lipinski definition) is 3. The van der Waals surface area contributed by atoms with Crippen molar-refractivity contribution in [1.82, 2.24) is 5.32 Å². The van der Waals surface area contributed by atoms with Crippen LogP contribution in [0.15, 0.2) is 30.3 Å². The minimum absolute atomic E-state index is 0.205. The second-order valence-electron chi connectivity index (χ2n) is 5.83. The molecule has 1 amide bonds. The van der Waals surface area contributed by atoms with Crippen LogP contribution in [-0.2, 0) is 11.3 Å². The van der Waals surface area contributed by atoms with Crippen LogP contribution < -0.4 is 5.32 Å². The Hall–Kier alpha value is -1.55. The van der Waals surface area contributed by atoms with Gasteiger partial charge in [-0.15, -0.1) is 0 Å². The molecule has 1 aromatic carbocycles. The van der Waals surface area contributed by atoms with Crippen molar-refractivity contribution in [2.45, 2.75) is 65.2 Å². The zero-order valence-corrected chi connectivity index (χ0v) is 13.9. The predicted molar refractivity (Wildman–Crippen MR) is 88.5 cm³/mol. The summed E-state index contributed by atoms with van der Waals surface area (Å²) in [5.41, 5.74) is 0.948. The van der Waals surface area contributed by atoms with E-state index in [0.717, 1.165) is 24.8 Å². The molecule has 4 nitrogen and oxygen atoms in total. The Bertz CT molecular complexity index is 422. The third-order valence-electron chi connectivity index (χ3n) is 4.02. The highest BCUT2D eigenvalue weighted by Gasteiger charge is 2.26. The van der Waals surface area contributed by atoms with Gasteiger partial charge in [-0.05, 0) is 17.9 Å². The largest absolute Gasteiger partial charge is 0.445 e. The third-order valence-corrected chi connectivity index (χ3v) is 4.02. The zero-order valence-electron chi connectivity index (χ0n) is 13.9. The molecule has 0 aromatic heterocycles. The zero-order chi connectivity index (χ0) is 16.4. The van der Waals surface area contributed by atoms with E-state index in [0.29, 0.717) is 6.42 Å². The first-order chi connectivity index (χ1) is 10.6. The van der Waals surface area contributed by atoms with E-state index >= 15 is 0 Å². The van der Waals surface area contributed by atoms with E-state index in [4.69, 9.17) is 4.74 Å². The fraction of sp³-hybridized carbons (Fsp3) is 0.611. The van der Waals surface area contributed by atoms with Gasteiger partial charge in [-0.2, -0.15) is 0 Å². The fourth-order valence-electron chi connectivity index (χ4n) is 2.37. The number of alkyl carbamates (subject to hydrolysis) is 1. The molecular weight excluding hydrogens is 278 g/mol. The summed E-state index contributed by atoms with van der Waals surface area (Å²) >= 11 is 0. The number of unbranched alkanes of at least 4 members (excludes halogenated alkanes) is 1. The number of rotatable bonds is 9. The summed E-state index contributed by atoms with van der Waals surface area (Å²) in [6.45, 7) is 6.43. The number of ether oxygens (including phenoxy) is 1. The van der Waals surface area contributed by atoms with Gasteiger partial charge in [0.1, 0.15) is 6.61 Å². The van der Waals surface area contributed by atoms with Crippen molar-refractivity contribution in [3.05, 3.63) is 35.9 Å². The minimum atomic E-state index is -0.529. The monoisotopic (exact) mass is 307 g/mol. The number of aliphatic hydroxyl groups is 1. The molecule has 1 rings (SSSR count). The molecule has 0 spiro atoms. The number of carbonyl (C=O) groups is 1. The molecule has 0 saturated heterocycles. The van der Waals surface area contributed by atoms with Gasteiger partial charge in [-0.3, -0.25) is 0 Å². The summed E-state index contributed by atoms with van der Waals surface area (Å²) in [4.78, 5) is 12.0. The highest BCUT2D eigenvalue weighted by atomic mass is 16.5. The van der Waals surface area contributed by atoms with Crippen molar-refractivity contribution in [1.29, 1.82) is 0 Å². The maximum atomic E-state index is 12.0. The van der Waals surface area contributed by atoms with E-state index in [-0.39, 0.29) is 18.6 Å². The topological polar surface area (TPSA) is 58.6 Å². The SMILES string of the molecule is CCCC[C@H](O)[C@@H](NC(=O)OCc1ccccc1)C(C)CC. The van der Waals surface area contributed by atoms with Gasteiger partial charge in [0.2, 0.25) is 0 Å². The van der Waals surface area contributed by atoms with Crippen molar-refractivity contribution in [3.63, 3.8) is 0 Å². The molecule has 0 heterocycles. The average molecular weight is 307 g/mol. The van der Waals surface area contributed by atoms with Crippen LogP contribution in [0.1, 0.15) is 52.0 Å². The summed E-state index contributed by atoms with van der Waals surface area (Å²) in [6, 6.07) is 9.30. The number of nitrogens with one attached hydrogen (secondary N) is 1. The van der Waals surface area contributed by atoms with Crippen LogP contribution in [0.2, 0.25) is 0 Å². The van der Waals surface area contributed by atoms with Crippen molar-refractivity contribution in [3.8, 4) is 0 Å². The molecular formula is C18H29NO3. The molecule has 1 aromatic rings. The summed E-state index contributed by atoms with van der Waals surface area (Å²) in [5, 5.41) is 13.1. The van der Waals surface area contributed by atoms with Crippen molar-refractivity contribution >= 4 is 6.09 Å². The van der Waals surface area contributed by atoms with Crippen LogP contribution in [0, 0.1) is 5.92 Å². The Labute approximate surface area is 133 Å². The smallest absolute Gasteiger partial charge is 0.407 e. The summed E-state index contributed by atoms with van der Waals surface area (Å²) in [5.74, 6) is 0.205. The van der Waals surface area contributed by atoms with Gasteiger partial charge in [0.05, 0.1) is 12.1 Å². The second kappa shape index (κ2) is 10.2. The predicted octanol–water partition coefficient (Wildman–Crippen LogP) is 3.88. The third kappa shape index (κ3) is 6.48. The molecule has 0 fully saturated rings. The highest BCUT2D eigenvalue weighted by molar-refractivity contribution is 5.67. The van der Waals surface area contributed by atoms with Gasteiger partial charge in [0.15, 0.2) is 0 Å². The van der Waals surface area contributed by atoms with Crippen LogP contribution in [0.25, 0.3) is 0 Å². The Kier molecular flexibility index (Phi) is 8.60. The molecule has 124 valence electrons. The minimum Gasteiger partial charge on any atom is -0.445 e. The van der Waals surface area contributed by atoms with Crippen LogP contribution in [-0.4, -0.2) is 23.3 Å². The van der Waals surface area contributed by atoms with Gasteiger partial charge in [-0.25, -0.2) is 4.79 Å². The van der Waals surface area contributed by atoms with Crippen LogP contribution in [0.4, 0.5) is 4.79 Å². The lowest BCUT2D eigenvalue weighted by molar-refractivity contribution is 0.0759. The van der Waals surface area contributed by atoms with Crippen molar-refractivity contribution in [2.75, 3.05) is 0 Å². The normalized spacial score (nSPS) is 14.9. The molecule has 4 heteroatoms. The molecule has 0 saturated carbocycles. The number of carbonyl (C=O) groups excluding carboxylic acids is 1. The van der Waals surface area contributed by atoms with Crippen LogP contribution >= 0.6 is 0 Å². The molecule has 0 bridgehead atoms. The summed E-state index contributed by atoms with van der Waals surface area (Å²) in [7, 11) is 0. The first-order valence-electron chi connectivity index (χ1n) is 8.23. The molecule has 0 aliphatic carbocycles. The molecule has 1 unspecified atom stereocenters. The van der Waals surface area contributed by atoms with E-state index in [9.17, 15) is 9.90 Å². The van der Waals surface area contributed by atoms with Gasteiger partial charge in [0, 0.05) is 0 Å². The fourth-order valence-corrected chi connectivity index (χ4v) is 2.37. The Morgan fingerprint density at radius 1 is 1.27 bits per heavy atom. The summed E-state index contributed by atoms with van der Waals surface area (Å²) in [6.07, 6.45) is 2.58. The molecule has 22 heavy (non-hydrogen) atoms. The maximum Gasteiger partial charge on any atom is 0.407 e. The molecule has 0 aliphatic rings. The van der Waals surface area contributed by atoms with Crippen molar-refractivity contribution in [2.24, 2.45) is 5.92 Å². The van der Waals surface area contributed by atoms with Crippen LogP contribution in [0.3, 0.4) is 0 Å². The van der Waals surface area contributed by atoms with Crippen LogP contribution in [0.5, 0.6) is 0 Å². The number of aliphatic hydroxyl groups excluding tert-OH is 1. The second-order valence-corrected chi connectivity index (χ2v) is 5.83. The standard InChI is InChI=1S/C18H29NO3/c1-4-6-12-16(20)17(14(3)5-2)19-18(21)22-13-15-10-8-7-9-11-15/h7-11,14,16-17,20H,4-6,12-13H2,1-3H3,(H,19,21)/t14?,16-,17-/m0/s1. The van der Waals surface area contributed by atoms with E-state index in [1.54, 1.807) is 0 Å². The van der Waals surface area contributed by atoms with Crippen molar-refractivity contribution < 1.29 is 14.6 Å². The van der Waals surface area contributed by atoms with E-state index in [1.807, 2.05) is 37.3 Å². The Morgan fingerprint density at radius 2 is 1.95 bits per heavy atom. The number of benzene rings is 1. The quantitative estimate of drug-likeness (QED) is 0.728. The first kappa shape index (κ1) is 18.5. The van der Waals surface area contributed by atoms with E-state index in [2.05, 4.69) is 19.2 Å². The average Bonchev–Trinajstić information content (AvgIpc) is 2.55. The lowest BCUT2D eigenvalue weighted by Gasteiger charge is -2.28. The molecule has 0 aliphatic heterocycles. The maximum absolute atomic E-state index is 12.0. The first-order valence-corrected chi connectivity index (χ1v) is 8.23. The lowest BCUT2D eigenvalue weighted by Crippen LogP contribution is -2.47. The van der Waals surface area contributed by atoms with E-state index in [1.165, 1.54) is 0 Å². The highest BCUT2D eigenvalue weighted by Crippen LogP contribution is 2.16. The Balaban J connectivity index is 2.51. The van der Waals surface area contributed by atoms with Gasteiger partial charge in [0.25, 0.3) is 0 Å². The molecule has 2 N–H and O–H groups in total. The number of hydrogen-bond donors (Lipinski definition) is 2. The van der Waals surface area contributed by atoms with Gasteiger partial charge < -0.3 is 15.2 Å². The van der Waals surface area contributed by atoms with E-state index < -0.39 is 12.2 Å².